The van der Waals surface area contributed by atoms with E-state index in [0.29, 0.717) is 13.0 Å². The van der Waals surface area contributed by atoms with Crippen LogP contribution in [0.15, 0.2) is 48.5 Å². The summed E-state index contributed by atoms with van der Waals surface area (Å²) >= 11 is 12.1. The third-order valence-corrected chi connectivity index (χ3v) is 6.80. The van der Waals surface area contributed by atoms with E-state index in [9.17, 15) is 18.0 Å². The van der Waals surface area contributed by atoms with Crippen LogP contribution in [0.5, 0.6) is 0 Å². The van der Waals surface area contributed by atoms with Crippen molar-refractivity contribution in [2.45, 2.75) is 45.7 Å². The van der Waals surface area contributed by atoms with E-state index in [0.717, 1.165) is 29.0 Å². The van der Waals surface area contributed by atoms with Gasteiger partial charge in [-0.15, -0.1) is 0 Å². The normalized spacial score (nSPS) is 12.1. The van der Waals surface area contributed by atoms with Gasteiger partial charge in [-0.05, 0) is 36.6 Å². The fourth-order valence-electron chi connectivity index (χ4n) is 3.50. The lowest BCUT2D eigenvalue weighted by Crippen LogP contribution is -2.52. The topological polar surface area (TPSA) is 86.8 Å². The molecule has 2 rings (SSSR count). The summed E-state index contributed by atoms with van der Waals surface area (Å²) in [6, 6.07) is 12.8. The van der Waals surface area contributed by atoms with E-state index in [1.165, 1.54) is 23.1 Å². The van der Waals surface area contributed by atoms with Crippen molar-refractivity contribution in [1.82, 2.24) is 10.2 Å². The Morgan fingerprint density at radius 1 is 1.03 bits per heavy atom. The Morgan fingerprint density at radius 2 is 1.65 bits per heavy atom. The van der Waals surface area contributed by atoms with Gasteiger partial charge in [-0.2, -0.15) is 0 Å². The number of halogens is 2. The Labute approximate surface area is 212 Å². The summed E-state index contributed by atoms with van der Waals surface area (Å²) in [5, 5.41) is 3.37. The van der Waals surface area contributed by atoms with Gasteiger partial charge < -0.3 is 10.2 Å². The molecule has 0 saturated carbocycles. The summed E-state index contributed by atoms with van der Waals surface area (Å²) in [5.41, 5.74) is 1.00. The Kier molecular flexibility index (Phi) is 10.7. The van der Waals surface area contributed by atoms with Crippen molar-refractivity contribution in [1.29, 1.82) is 0 Å². The molecular weight excluding hydrogens is 497 g/mol. The number of carbonyl (C=O) groups is 2. The highest BCUT2D eigenvalue weighted by molar-refractivity contribution is 7.92. The molecule has 34 heavy (non-hydrogen) atoms. The number of nitrogens with zero attached hydrogens (tertiary/aromatic N) is 2. The lowest BCUT2D eigenvalue weighted by molar-refractivity contribution is -0.140. The Bertz CT molecular complexity index is 1060. The third-order valence-electron chi connectivity index (χ3n) is 5.23. The smallest absolute Gasteiger partial charge is 0.244 e. The van der Waals surface area contributed by atoms with Gasteiger partial charge in [0, 0.05) is 23.1 Å². The van der Waals surface area contributed by atoms with Crippen molar-refractivity contribution in [3.63, 3.8) is 0 Å². The molecule has 7 nitrogen and oxygen atoms in total. The number of nitrogens with one attached hydrogen (secondary N) is 1. The first-order valence-corrected chi connectivity index (χ1v) is 13.7. The van der Waals surface area contributed by atoms with Crippen LogP contribution >= 0.6 is 23.2 Å². The summed E-state index contributed by atoms with van der Waals surface area (Å²) in [5.74, 6) is -0.778. The average Bonchev–Trinajstić information content (AvgIpc) is 2.76. The first-order chi connectivity index (χ1) is 16.1. The molecule has 10 heteroatoms. The maximum atomic E-state index is 13.6. The van der Waals surface area contributed by atoms with Gasteiger partial charge in [0.05, 0.1) is 11.9 Å². The Hall–Kier alpha value is -2.29. The monoisotopic (exact) mass is 527 g/mol. The van der Waals surface area contributed by atoms with Crippen molar-refractivity contribution in [3.05, 3.63) is 64.1 Å². The molecule has 0 aliphatic heterocycles. The first-order valence-electron chi connectivity index (χ1n) is 11.1. The van der Waals surface area contributed by atoms with Gasteiger partial charge >= 0.3 is 0 Å². The second-order valence-electron chi connectivity index (χ2n) is 7.97. The van der Waals surface area contributed by atoms with Crippen LogP contribution in [0.4, 0.5) is 5.69 Å². The highest BCUT2D eigenvalue weighted by atomic mass is 35.5. The number of amides is 2. The molecule has 2 aromatic rings. The van der Waals surface area contributed by atoms with E-state index in [4.69, 9.17) is 23.2 Å². The molecule has 0 unspecified atom stereocenters. The zero-order valence-corrected chi connectivity index (χ0v) is 22.0. The molecule has 0 radical (unpaired) electrons. The maximum Gasteiger partial charge on any atom is 0.244 e. The quantitative estimate of drug-likeness (QED) is 0.412. The van der Waals surface area contributed by atoms with Crippen molar-refractivity contribution in [2.75, 3.05) is 23.7 Å². The average molecular weight is 529 g/mol. The van der Waals surface area contributed by atoms with E-state index < -0.39 is 28.5 Å². The van der Waals surface area contributed by atoms with Crippen LogP contribution < -0.4 is 9.62 Å². The second-order valence-corrected chi connectivity index (χ2v) is 10.8. The third kappa shape index (κ3) is 8.18. The highest BCUT2D eigenvalue weighted by Gasteiger charge is 2.31. The predicted octanol–water partition coefficient (Wildman–Crippen LogP) is 4.48. The Morgan fingerprint density at radius 3 is 2.18 bits per heavy atom. The van der Waals surface area contributed by atoms with Crippen LogP contribution in [0, 0.1) is 0 Å². The molecule has 0 aliphatic rings. The van der Waals surface area contributed by atoms with Gasteiger partial charge in [0.15, 0.2) is 0 Å². The highest BCUT2D eigenvalue weighted by Crippen LogP contribution is 2.27. The summed E-state index contributed by atoms with van der Waals surface area (Å²) in [4.78, 5) is 27.9. The minimum atomic E-state index is -3.86. The molecule has 0 aliphatic carbocycles. The number of hydrogen-bond acceptors (Lipinski definition) is 4. The molecule has 0 saturated heterocycles. The van der Waals surface area contributed by atoms with E-state index in [2.05, 4.69) is 5.32 Å². The van der Waals surface area contributed by atoms with Crippen molar-refractivity contribution in [2.24, 2.45) is 0 Å². The van der Waals surface area contributed by atoms with Crippen LogP contribution in [-0.4, -0.2) is 50.5 Å². The molecular formula is C24H31Cl2N3O4S. The minimum absolute atomic E-state index is 0.160. The molecule has 1 atom stereocenters. The number of anilines is 1. The molecule has 186 valence electrons. The zero-order chi connectivity index (χ0) is 25.3. The number of hydrogen-bond donors (Lipinski definition) is 1. The molecule has 0 spiro atoms. The molecule has 0 fully saturated rings. The van der Waals surface area contributed by atoms with Crippen molar-refractivity contribution < 1.29 is 18.0 Å². The number of sulfonamides is 1. The standard InChI is InChI=1S/C24H31Cl2N3O4S/c1-4-6-12-27-24(31)22(5-2)28(16-18-10-8-7-9-11-18)23(30)17-29(34(3,32)33)21-14-19(25)13-20(26)15-21/h7-11,13-15,22H,4-6,12,16-17H2,1-3H3,(H,27,31)/t22-/m1/s1. The molecule has 1 N–H and O–H groups in total. The van der Waals surface area contributed by atoms with Crippen molar-refractivity contribution >= 4 is 50.7 Å². The molecule has 0 bridgehead atoms. The van der Waals surface area contributed by atoms with Crippen LogP contribution in [0.1, 0.15) is 38.7 Å². The number of rotatable bonds is 12. The van der Waals surface area contributed by atoms with E-state index in [-0.39, 0.29) is 28.2 Å². The first kappa shape index (κ1) is 28.0. The molecule has 0 heterocycles. The Balaban J connectivity index is 2.40. The van der Waals surface area contributed by atoms with E-state index in [1.807, 2.05) is 44.2 Å². The fraction of sp³-hybridized carbons (Fsp3) is 0.417. The van der Waals surface area contributed by atoms with Gasteiger partial charge in [-0.1, -0.05) is 73.8 Å². The summed E-state index contributed by atoms with van der Waals surface area (Å²) in [7, 11) is -3.86. The second kappa shape index (κ2) is 13.0. The fourth-order valence-corrected chi connectivity index (χ4v) is 4.85. The number of unbranched alkanes of at least 4 members (excludes halogenated alkanes) is 1. The summed E-state index contributed by atoms with van der Waals surface area (Å²) in [6.07, 6.45) is 3.13. The van der Waals surface area contributed by atoms with Crippen molar-refractivity contribution in [3.8, 4) is 0 Å². The molecule has 0 aromatic heterocycles. The molecule has 2 amide bonds. The SMILES string of the molecule is CCCCNC(=O)[C@@H](CC)N(Cc1ccccc1)C(=O)CN(c1cc(Cl)cc(Cl)c1)S(C)(=O)=O. The van der Waals surface area contributed by atoms with Crippen LogP contribution in [0.25, 0.3) is 0 Å². The van der Waals surface area contributed by atoms with Crippen LogP contribution in [0.2, 0.25) is 10.0 Å². The zero-order valence-electron chi connectivity index (χ0n) is 19.6. The number of benzene rings is 2. The summed E-state index contributed by atoms with van der Waals surface area (Å²) in [6.45, 7) is 4.01. The lowest BCUT2D eigenvalue weighted by Gasteiger charge is -2.33. The van der Waals surface area contributed by atoms with Gasteiger partial charge in [-0.25, -0.2) is 8.42 Å². The van der Waals surface area contributed by atoms with Crippen LogP contribution in [0.3, 0.4) is 0 Å². The van der Waals surface area contributed by atoms with Gasteiger partial charge in [0.2, 0.25) is 21.8 Å². The van der Waals surface area contributed by atoms with Gasteiger partial charge in [0.1, 0.15) is 12.6 Å². The lowest BCUT2D eigenvalue weighted by atomic mass is 10.1. The van der Waals surface area contributed by atoms with E-state index >= 15 is 0 Å². The molecule has 2 aromatic carbocycles. The predicted molar refractivity (Wildman–Crippen MR) is 138 cm³/mol. The minimum Gasteiger partial charge on any atom is -0.354 e. The largest absolute Gasteiger partial charge is 0.354 e. The van der Waals surface area contributed by atoms with Crippen LogP contribution in [-0.2, 0) is 26.2 Å². The maximum absolute atomic E-state index is 13.6. The van der Waals surface area contributed by atoms with Gasteiger partial charge in [-0.3, -0.25) is 13.9 Å². The summed E-state index contributed by atoms with van der Waals surface area (Å²) < 4.78 is 26.2. The number of carbonyl (C=O) groups excluding carboxylic acids is 2. The van der Waals surface area contributed by atoms with Gasteiger partial charge in [0.25, 0.3) is 0 Å². The van der Waals surface area contributed by atoms with E-state index in [1.54, 1.807) is 0 Å².